The molecule has 1 N–H and O–H groups in total. The average molecular weight is 390 g/mol. The Labute approximate surface area is 170 Å². The molecule has 2 aromatic heterocycles. The molecule has 6 nitrogen and oxygen atoms in total. The van der Waals surface area contributed by atoms with Gasteiger partial charge in [-0.1, -0.05) is 38.1 Å². The molecule has 3 aromatic rings. The minimum atomic E-state index is -0.306. The third-order valence-electron chi connectivity index (χ3n) is 5.43. The highest BCUT2D eigenvalue weighted by Gasteiger charge is 2.26. The van der Waals surface area contributed by atoms with Crippen LogP contribution in [-0.4, -0.2) is 39.2 Å². The molecule has 0 aliphatic carbocycles. The molecule has 1 saturated heterocycles. The van der Waals surface area contributed by atoms with E-state index in [1.807, 2.05) is 47.4 Å². The van der Waals surface area contributed by atoms with Crippen molar-refractivity contribution in [2.24, 2.45) is 0 Å². The number of aromatic nitrogens is 2. The smallest absolute Gasteiger partial charge is 0.290 e. The van der Waals surface area contributed by atoms with Crippen LogP contribution >= 0.6 is 0 Å². The molecule has 150 valence electrons. The van der Waals surface area contributed by atoms with Gasteiger partial charge in [-0.3, -0.25) is 14.0 Å². The molecule has 1 aromatic carbocycles. The molecule has 6 heteroatoms. The number of likely N-dealkylation sites (tertiary alicyclic amines) is 1. The summed E-state index contributed by atoms with van der Waals surface area (Å²) in [7, 11) is 0. The molecule has 0 bridgehead atoms. The molecule has 1 aliphatic heterocycles. The molecule has 3 heterocycles. The normalized spacial score (nSPS) is 14.4. The predicted octanol–water partition coefficient (Wildman–Crippen LogP) is 4.34. The Bertz CT molecular complexity index is 1050. The van der Waals surface area contributed by atoms with Crippen LogP contribution in [0.15, 0.2) is 48.7 Å². The number of carbonyl (C=O) groups is 2. The summed E-state index contributed by atoms with van der Waals surface area (Å²) in [6.07, 6.45) is 4.95. The first kappa shape index (κ1) is 19.2. The number of pyridine rings is 1. The number of benzene rings is 1. The average Bonchev–Trinajstić information content (AvgIpc) is 3.14. The van der Waals surface area contributed by atoms with E-state index < -0.39 is 0 Å². The van der Waals surface area contributed by atoms with Gasteiger partial charge in [0.15, 0.2) is 5.69 Å². The van der Waals surface area contributed by atoms with Crippen LogP contribution in [0.4, 0.5) is 5.69 Å². The monoisotopic (exact) mass is 390 g/mol. The van der Waals surface area contributed by atoms with E-state index in [1.54, 1.807) is 10.6 Å². The van der Waals surface area contributed by atoms with E-state index in [1.165, 1.54) is 0 Å². The molecule has 0 saturated carbocycles. The molecular weight excluding hydrogens is 364 g/mol. The highest BCUT2D eigenvalue weighted by molar-refractivity contribution is 6.09. The molecular formula is C23H26N4O2. The van der Waals surface area contributed by atoms with Gasteiger partial charge in [-0.15, -0.1) is 0 Å². The van der Waals surface area contributed by atoms with Crippen molar-refractivity contribution >= 4 is 23.0 Å². The molecule has 4 rings (SSSR count). The number of hydrogen-bond donors (Lipinski definition) is 1. The Hall–Kier alpha value is -3.15. The lowest BCUT2D eigenvalue weighted by Crippen LogP contribution is -2.36. The van der Waals surface area contributed by atoms with Gasteiger partial charge in [0, 0.05) is 25.0 Å². The summed E-state index contributed by atoms with van der Waals surface area (Å²) in [5.74, 6) is 0.151. The summed E-state index contributed by atoms with van der Waals surface area (Å²) in [5.41, 5.74) is 2.74. The summed E-state index contributed by atoms with van der Waals surface area (Å²) < 4.78 is 1.72. The van der Waals surface area contributed by atoms with Crippen molar-refractivity contribution in [3.63, 3.8) is 0 Å². The van der Waals surface area contributed by atoms with Gasteiger partial charge in [-0.2, -0.15) is 0 Å². The van der Waals surface area contributed by atoms with E-state index in [-0.39, 0.29) is 23.4 Å². The van der Waals surface area contributed by atoms with E-state index in [0.29, 0.717) is 11.3 Å². The first-order valence-corrected chi connectivity index (χ1v) is 10.2. The number of para-hydroxylation sites is 1. The Morgan fingerprint density at radius 1 is 1.00 bits per heavy atom. The van der Waals surface area contributed by atoms with Crippen molar-refractivity contribution in [1.82, 2.24) is 14.3 Å². The maximum atomic E-state index is 13.1. The van der Waals surface area contributed by atoms with Crippen LogP contribution < -0.4 is 5.32 Å². The second-order valence-electron chi connectivity index (χ2n) is 7.79. The number of carbonyl (C=O) groups excluding carboxylic acids is 2. The van der Waals surface area contributed by atoms with Gasteiger partial charge in [0.1, 0.15) is 0 Å². The second kappa shape index (κ2) is 8.07. The zero-order valence-corrected chi connectivity index (χ0v) is 16.9. The van der Waals surface area contributed by atoms with Crippen LogP contribution in [-0.2, 0) is 0 Å². The van der Waals surface area contributed by atoms with Gasteiger partial charge in [-0.25, -0.2) is 4.98 Å². The van der Waals surface area contributed by atoms with E-state index in [0.717, 1.165) is 43.6 Å². The molecule has 0 spiro atoms. The van der Waals surface area contributed by atoms with E-state index in [9.17, 15) is 9.59 Å². The van der Waals surface area contributed by atoms with E-state index in [4.69, 9.17) is 0 Å². The summed E-state index contributed by atoms with van der Waals surface area (Å²) in [5, 5.41) is 2.99. The van der Waals surface area contributed by atoms with E-state index >= 15 is 0 Å². The fourth-order valence-corrected chi connectivity index (χ4v) is 3.89. The fraction of sp³-hybridized carbons (Fsp3) is 0.348. The topological polar surface area (TPSA) is 66.7 Å². The van der Waals surface area contributed by atoms with Gasteiger partial charge in [0.25, 0.3) is 11.8 Å². The van der Waals surface area contributed by atoms with E-state index in [2.05, 4.69) is 24.1 Å². The number of amides is 2. The van der Waals surface area contributed by atoms with Crippen LogP contribution in [0.25, 0.3) is 5.52 Å². The first-order chi connectivity index (χ1) is 14.1. The van der Waals surface area contributed by atoms with Crippen molar-refractivity contribution in [3.8, 4) is 0 Å². The number of anilines is 1. The SMILES string of the molecule is CC(C)c1ccccc1NC(=O)c1nc(C(=O)N2CCCCC2)n2ccccc12. The van der Waals surface area contributed by atoms with Crippen molar-refractivity contribution in [1.29, 1.82) is 0 Å². The molecule has 29 heavy (non-hydrogen) atoms. The van der Waals surface area contributed by atoms with Gasteiger partial charge >= 0.3 is 0 Å². The van der Waals surface area contributed by atoms with Gasteiger partial charge in [-0.05, 0) is 48.9 Å². The molecule has 0 atom stereocenters. The highest BCUT2D eigenvalue weighted by atomic mass is 16.2. The minimum absolute atomic E-state index is 0.118. The van der Waals surface area contributed by atoms with Gasteiger partial charge in [0.2, 0.25) is 5.82 Å². The number of imidazole rings is 1. The summed E-state index contributed by atoms with van der Waals surface area (Å²) in [6, 6.07) is 13.3. The molecule has 0 unspecified atom stereocenters. The Morgan fingerprint density at radius 2 is 1.72 bits per heavy atom. The van der Waals surface area contributed by atoms with Crippen LogP contribution in [0.3, 0.4) is 0 Å². The van der Waals surface area contributed by atoms with Gasteiger partial charge in [0.05, 0.1) is 5.52 Å². The zero-order valence-electron chi connectivity index (χ0n) is 16.9. The molecule has 1 fully saturated rings. The second-order valence-corrected chi connectivity index (χ2v) is 7.79. The lowest BCUT2D eigenvalue weighted by molar-refractivity contribution is 0.0711. The first-order valence-electron chi connectivity index (χ1n) is 10.2. The molecule has 2 amide bonds. The van der Waals surface area contributed by atoms with Crippen molar-refractivity contribution < 1.29 is 9.59 Å². The van der Waals surface area contributed by atoms with Crippen molar-refractivity contribution in [3.05, 3.63) is 65.7 Å². The predicted molar refractivity (Wildman–Crippen MR) is 113 cm³/mol. The summed E-state index contributed by atoms with van der Waals surface area (Å²) >= 11 is 0. The number of piperidine rings is 1. The summed E-state index contributed by atoms with van der Waals surface area (Å²) in [4.78, 5) is 32.5. The molecule has 0 radical (unpaired) electrons. The largest absolute Gasteiger partial charge is 0.336 e. The highest BCUT2D eigenvalue weighted by Crippen LogP contribution is 2.25. The number of nitrogens with zero attached hydrogens (tertiary/aromatic N) is 3. The lowest BCUT2D eigenvalue weighted by atomic mass is 10.0. The lowest BCUT2D eigenvalue weighted by Gasteiger charge is -2.25. The van der Waals surface area contributed by atoms with Crippen molar-refractivity contribution in [2.75, 3.05) is 18.4 Å². The third-order valence-corrected chi connectivity index (χ3v) is 5.43. The summed E-state index contributed by atoms with van der Waals surface area (Å²) in [6.45, 7) is 5.66. The van der Waals surface area contributed by atoms with Crippen LogP contribution in [0, 0.1) is 0 Å². The Kier molecular flexibility index (Phi) is 5.34. The standard InChI is InChI=1S/C23H26N4O2/c1-16(2)17-10-4-5-11-18(17)24-22(28)20-19-12-6-9-15-27(19)21(25-20)23(29)26-13-7-3-8-14-26/h4-6,9-12,15-16H,3,7-8,13-14H2,1-2H3,(H,24,28). The fourth-order valence-electron chi connectivity index (χ4n) is 3.89. The van der Waals surface area contributed by atoms with Crippen molar-refractivity contribution in [2.45, 2.75) is 39.0 Å². The van der Waals surface area contributed by atoms with Crippen LogP contribution in [0.2, 0.25) is 0 Å². The maximum Gasteiger partial charge on any atom is 0.290 e. The van der Waals surface area contributed by atoms with Crippen LogP contribution in [0.5, 0.6) is 0 Å². The van der Waals surface area contributed by atoms with Crippen LogP contribution in [0.1, 0.15) is 65.7 Å². The number of nitrogens with one attached hydrogen (secondary N) is 1. The Balaban J connectivity index is 1.69. The number of rotatable bonds is 4. The molecule has 1 aliphatic rings. The number of fused-ring (bicyclic) bond motifs is 1. The zero-order chi connectivity index (χ0) is 20.4. The minimum Gasteiger partial charge on any atom is -0.336 e. The third kappa shape index (κ3) is 3.75. The quantitative estimate of drug-likeness (QED) is 0.721. The van der Waals surface area contributed by atoms with Gasteiger partial charge < -0.3 is 10.2 Å². The maximum absolute atomic E-state index is 13.1. The Morgan fingerprint density at radius 3 is 2.48 bits per heavy atom. The number of hydrogen-bond acceptors (Lipinski definition) is 3.